The molecule has 6 nitrogen and oxygen atoms in total. The molecule has 2 rings (SSSR count). The van der Waals surface area contributed by atoms with Crippen molar-refractivity contribution in [1.29, 1.82) is 0 Å². The molecule has 2 aromatic rings. The highest BCUT2D eigenvalue weighted by Gasteiger charge is 2.12. The van der Waals surface area contributed by atoms with Crippen LogP contribution >= 0.6 is 11.6 Å². The van der Waals surface area contributed by atoms with Gasteiger partial charge < -0.3 is 16.2 Å². The summed E-state index contributed by atoms with van der Waals surface area (Å²) in [6.07, 6.45) is 1.49. The first-order chi connectivity index (χ1) is 10.0. The van der Waals surface area contributed by atoms with Gasteiger partial charge in [0.1, 0.15) is 0 Å². The van der Waals surface area contributed by atoms with Gasteiger partial charge in [0, 0.05) is 24.0 Å². The molecule has 7 heteroatoms. The number of carboxylic acids is 1. The Kier molecular flexibility index (Phi) is 4.52. The molecular formula is C14H12ClN3O3. The van der Waals surface area contributed by atoms with Gasteiger partial charge in [-0.3, -0.25) is 9.78 Å². The Hall–Kier alpha value is -2.44. The van der Waals surface area contributed by atoms with Crippen molar-refractivity contribution in [1.82, 2.24) is 4.98 Å². The Labute approximate surface area is 125 Å². The number of aromatic carboxylic acids is 1. The van der Waals surface area contributed by atoms with Gasteiger partial charge in [0.15, 0.2) is 0 Å². The number of nitrogens with two attached hydrogens (primary N) is 1. The van der Waals surface area contributed by atoms with Crippen LogP contribution in [0.5, 0.6) is 0 Å². The van der Waals surface area contributed by atoms with Crippen molar-refractivity contribution in [2.75, 3.05) is 5.32 Å². The van der Waals surface area contributed by atoms with Crippen LogP contribution in [-0.2, 0) is 6.54 Å². The normalized spacial score (nSPS) is 10.2. The van der Waals surface area contributed by atoms with Gasteiger partial charge in [-0.2, -0.15) is 0 Å². The number of benzene rings is 1. The van der Waals surface area contributed by atoms with E-state index in [0.29, 0.717) is 16.9 Å². The minimum Gasteiger partial charge on any atom is -0.478 e. The Morgan fingerprint density at radius 2 is 2.05 bits per heavy atom. The lowest BCUT2D eigenvalue weighted by molar-refractivity contribution is 0.0696. The summed E-state index contributed by atoms with van der Waals surface area (Å²) in [4.78, 5) is 27.1. The number of nitrogens with zero attached hydrogens (tertiary/aromatic N) is 1. The Morgan fingerprint density at radius 1 is 1.29 bits per heavy atom. The van der Waals surface area contributed by atoms with E-state index in [9.17, 15) is 9.59 Å². The zero-order chi connectivity index (χ0) is 15.4. The molecule has 21 heavy (non-hydrogen) atoms. The minimum atomic E-state index is -1.16. The highest BCUT2D eigenvalue weighted by atomic mass is 35.5. The van der Waals surface area contributed by atoms with Crippen LogP contribution in [0.25, 0.3) is 0 Å². The van der Waals surface area contributed by atoms with Crippen molar-refractivity contribution in [2.45, 2.75) is 6.54 Å². The number of pyridine rings is 1. The van der Waals surface area contributed by atoms with E-state index in [4.69, 9.17) is 22.4 Å². The molecule has 0 aliphatic heterocycles. The molecule has 0 spiro atoms. The Morgan fingerprint density at radius 3 is 2.71 bits per heavy atom. The molecule has 1 amide bonds. The number of rotatable bonds is 4. The summed E-state index contributed by atoms with van der Waals surface area (Å²) < 4.78 is 0. The van der Waals surface area contributed by atoms with E-state index in [1.165, 1.54) is 24.4 Å². The molecule has 0 bridgehead atoms. The van der Waals surface area contributed by atoms with Crippen LogP contribution < -0.4 is 11.1 Å². The van der Waals surface area contributed by atoms with E-state index >= 15 is 0 Å². The third-order valence-electron chi connectivity index (χ3n) is 2.74. The molecule has 0 radical (unpaired) electrons. The van der Waals surface area contributed by atoms with Crippen LogP contribution in [0.15, 0.2) is 36.5 Å². The summed E-state index contributed by atoms with van der Waals surface area (Å²) in [5.41, 5.74) is 6.71. The van der Waals surface area contributed by atoms with Gasteiger partial charge in [0.2, 0.25) is 0 Å². The average Bonchev–Trinajstić information content (AvgIpc) is 2.49. The molecule has 0 saturated carbocycles. The van der Waals surface area contributed by atoms with Crippen LogP contribution in [0.2, 0.25) is 5.02 Å². The van der Waals surface area contributed by atoms with E-state index in [2.05, 4.69) is 10.3 Å². The molecule has 1 aromatic carbocycles. The molecule has 0 aliphatic rings. The predicted octanol–water partition coefficient (Wildman–Crippen LogP) is 2.14. The van der Waals surface area contributed by atoms with Gasteiger partial charge in [-0.25, -0.2) is 4.79 Å². The van der Waals surface area contributed by atoms with E-state index < -0.39 is 5.97 Å². The fourth-order valence-electron chi connectivity index (χ4n) is 1.70. The Balaban J connectivity index is 2.23. The SMILES string of the molecule is NCc1cc(C(=O)Nc2ccc(Cl)c(C(=O)O)c2)ccn1. The first-order valence-electron chi connectivity index (χ1n) is 6.00. The first-order valence-corrected chi connectivity index (χ1v) is 6.38. The number of nitrogens with one attached hydrogen (secondary N) is 1. The van der Waals surface area contributed by atoms with Crippen molar-refractivity contribution in [3.05, 3.63) is 58.4 Å². The maximum Gasteiger partial charge on any atom is 0.337 e. The van der Waals surface area contributed by atoms with Crippen molar-refractivity contribution >= 4 is 29.2 Å². The molecule has 0 saturated heterocycles. The quantitative estimate of drug-likeness (QED) is 0.802. The maximum absolute atomic E-state index is 12.1. The lowest BCUT2D eigenvalue weighted by Crippen LogP contribution is -2.13. The number of hydrogen-bond donors (Lipinski definition) is 3. The van der Waals surface area contributed by atoms with Crippen molar-refractivity contribution < 1.29 is 14.7 Å². The largest absolute Gasteiger partial charge is 0.478 e. The van der Waals surface area contributed by atoms with Crippen molar-refractivity contribution in [3.8, 4) is 0 Å². The fraction of sp³-hybridized carbons (Fsp3) is 0.0714. The second-order valence-corrected chi connectivity index (χ2v) is 4.60. The Bertz CT molecular complexity index is 704. The molecule has 0 unspecified atom stereocenters. The van der Waals surface area contributed by atoms with Gasteiger partial charge in [-0.1, -0.05) is 11.6 Å². The molecule has 0 aliphatic carbocycles. The minimum absolute atomic E-state index is 0.0770. The van der Waals surface area contributed by atoms with Gasteiger partial charge in [-0.15, -0.1) is 0 Å². The predicted molar refractivity (Wildman–Crippen MR) is 78.5 cm³/mol. The van der Waals surface area contributed by atoms with E-state index in [0.717, 1.165) is 0 Å². The van der Waals surface area contributed by atoms with Crippen molar-refractivity contribution in [2.24, 2.45) is 5.73 Å². The van der Waals surface area contributed by atoms with Crippen LogP contribution in [0.1, 0.15) is 26.4 Å². The summed E-state index contributed by atoms with van der Waals surface area (Å²) in [5, 5.41) is 11.7. The monoisotopic (exact) mass is 305 g/mol. The molecule has 108 valence electrons. The van der Waals surface area contributed by atoms with Gasteiger partial charge in [0.05, 0.1) is 16.3 Å². The van der Waals surface area contributed by atoms with E-state index in [1.807, 2.05) is 0 Å². The summed E-state index contributed by atoms with van der Waals surface area (Å²) in [6.45, 7) is 0.227. The first kappa shape index (κ1) is 15.0. The number of halogens is 1. The zero-order valence-corrected chi connectivity index (χ0v) is 11.6. The number of aromatic nitrogens is 1. The number of carboxylic acid groups (broad SMARTS) is 1. The summed E-state index contributed by atoms with van der Waals surface area (Å²) in [5.74, 6) is -1.55. The third kappa shape index (κ3) is 3.56. The number of anilines is 1. The topological polar surface area (TPSA) is 105 Å². The number of carbonyl (C=O) groups excluding carboxylic acids is 1. The third-order valence-corrected chi connectivity index (χ3v) is 3.07. The van der Waals surface area contributed by atoms with Gasteiger partial charge in [-0.05, 0) is 30.3 Å². The average molecular weight is 306 g/mol. The molecule has 0 atom stereocenters. The fourth-order valence-corrected chi connectivity index (χ4v) is 1.90. The molecule has 1 aromatic heterocycles. The molecule has 1 heterocycles. The molecule has 0 fully saturated rings. The van der Waals surface area contributed by atoms with Gasteiger partial charge >= 0.3 is 5.97 Å². The zero-order valence-electron chi connectivity index (χ0n) is 10.8. The number of hydrogen-bond acceptors (Lipinski definition) is 4. The smallest absolute Gasteiger partial charge is 0.337 e. The number of carbonyl (C=O) groups is 2. The van der Waals surface area contributed by atoms with Crippen LogP contribution in [0, 0.1) is 0 Å². The van der Waals surface area contributed by atoms with Crippen molar-refractivity contribution in [3.63, 3.8) is 0 Å². The second-order valence-electron chi connectivity index (χ2n) is 4.19. The summed E-state index contributed by atoms with van der Waals surface area (Å²) >= 11 is 5.77. The number of amides is 1. The highest BCUT2D eigenvalue weighted by molar-refractivity contribution is 6.33. The van der Waals surface area contributed by atoms with Crippen LogP contribution in [0.4, 0.5) is 5.69 Å². The summed E-state index contributed by atoms with van der Waals surface area (Å²) in [7, 11) is 0. The highest BCUT2D eigenvalue weighted by Crippen LogP contribution is 2.21. The second kappa shape index (κ2) is 6.34. The molecular weight excluding hydrogens is 294 g/mol. The lowest BCUT2D eigenvalue weighted by atomic mass is 10.1. The van der Waals surface area contributed by atoms with E-state index in [1.54, 1.807) is 12.1 Å². The van der Waals surface area contributed by atoms with E-state index in [-0.39, 0.29) is 23.0 Å². The van der Waals surface area contributed by atoms with Gasteiger partial charge in [0.25, 0.3) is 5.91 Å². The standard InChI is InChI=1S/C14H12ClN3O3/c15-12-2-1-9(6-11(12)14(20)21)18-13(19)8-3-4-17-10(5-8)7-16/h1-6H,7,16H2,(H,18,19)(H,20,21). The van der Waals surface area contributed by atoms with Crippen LogP contribution in [-0.4, -0.2) is 22.0 Å². The van der Waals surface area contributed by atoms with Crippen LogP contribution in [0.3, 0.4) is 0 Å². The maximum atomic E-state index is 12.1. The molecule has 4 N–H and O–H groups in total. The lowest BCUT2D eigenvalue weighted by Gasteiger charge is -2.08. The summed E-state index contributed by atoms with van der Waals surface area (Å²) in [6, 6.07) is 7.36.